The predicted octanol–water partition coefficient (Wildman–Crippen LogP) is 4.10. The topological polar surface area (TPSA) is 71.3 Å². The number of piperidine rings is 1. The molecule has 0 spiro atoms. The number of likely N-dealkylation sites (tertiary alicyclic amines) is 1. The molecule has 0 saturated carbocycles. The van der Waals surface area contributed by atoms with Crippen LogP contribution >= 0.6 is 15.9 Å². The number of nitriles is 1. The molecule has 3 rings (SSSR count). The van der Waals surface area contributed by atoms with Crippen LogP contribution in [0.3, 0.4) is 0 Å². The Morgan fingerprint density at radius 2 is 1.96 bits per heavy atom. The maximum atomic E-state index is 14.0. The second-order valence-electron chi connectivity index (χ2n) is 6.61. The first-order valence-electron chi connectivity index (χ1n) is 9.29. The molecule has 1 aromatic heterocycles. The smallest absolute Gasteiger partial charge is 0.278 e. The normalized spacial score (nSPS) is 15.2. The average molecular weight is 449 g/mol. The minimum absolute atomic E-state index is 0.0377. The van der Waals surface area contributed by atoms with Crippen molar-refractivity contribution in [2.75, 3.05) is 19.6 Å². The third-order valence-corrected chi connectivity index (χ3v) is 5.08. The van der Waals surface area contributed by atoms with Gasteiger partial charge < -0.3 is 14.4 Å². The maximum Gasteiger partial charge on any atom is 0.278 e. The Balaban J connectivity index is 1.54. The number of aromatic nitrogens is 2. The first-order chi connectivity index (χ1) is 13.7. The molecule has 2 heterocycles. The van der Waals surface area contributed by atoms with Crippen LogP contribution in [0.4, 0.5) is 4.39 Å². The molecule has 1 aliphatic rings. The van der Waals surface area contributed by atoms with Crippen molar-refractivity contribution in [2.45, 2.75) is 38.4 Å². The van der Waals surface area contributed by atoms with Crippen molar-refractivity contribution in [3.63, 3.8) is 0 Å². The van der Waals surface area contributed by atoms with Crippen LogP contribution in [0, 0.1) is 17.1 Å². The molecule has 1 saturated heterocycles. The SMILES string of the molecule is N#CCCCN1CCC(Oc2nccnc2OCc2ccc(Br)cc2F)CC1. The Labute approximate surface area is 172 Å². The van der Waals surface area contributed by atoms with Crippen molar-refractivity contribution in [3.05, 3.63) is 46.4 Å². The van der Waals surface area contributed by atoms with Gasteiger partial charge in [0.25, 0.3) is 11.8 Å². The third-order valence-electron chi connectivity index (χ3n) is 4.59. The van der Waals surface area contributed by atoms with Crippen LogP contribution in [0.5, 0.6) is 11.8 Å². The molecular formula is C20H22BrFN4O2. The molecule has 148 valence electrons. The molecule has 0 aliphatic carbocycles. The van der Waals surface area contributed by atoms with Gasteiger partial charge in [0.15, 0.2) is 0 Å². The zero-order chi connectivity index (χ0) is 19.8. The lowest BCUT2D eigenvalue weighted by molar-refractivity contribution is 0.0912. The van der Waals surface area contributed by atoms with Crippen LogP contribution in [-0.4, -0.2) is 40.6 Å². The number of hydrogen-bond acceptors (Lipinski definition) is 6. The Morgan fingerprint density at radius 3 is 2.68 bits per heavy atom. The summed E-state index contributed by atoms with van der Waals surface area (Å²) >= 11 is 3.24. The van der Waals surface area contributed by atoms with E-state index in [0.29, 0.717) is 22.3 Å². The number of halogens is 2. The van der Waals surface area contributed by atoms with Gasteiger partial charge >= 0.3 is 0 Å². The van der Waals surface area contributed by atoms with Crippen LogP contribution < -0.4 is 9.47 Å². The monoisotopic (exact) mass is 448 g/mol. The van der Waals surface area contributed by atoms with Gasteiger partial charge in [0.1, 0.15) is 18.5 Å². The van der Waals surface area contributed by atoms with Gasteiger partial charge in [0, 0.05) is 41.9 Å². The van der Waals surface area contributed by atoms with Crippen molar-refractivity contribution < 1.29 is 13.9 Å². The Morgan fingerprint density at radius 1 is 1.21 bits per heavy atom. The van der Waals surface area contributed by atoms with Crippen LogP contribution in [0.1, 0.15) is 31.2 Å². The van der Waals surface area contributed by atoms with E-state index in [1.807, 2.05) is 0 Å². The molecule has 28 heavy (non-hydrogen) atoms. The van der Waals surface area contributed by atoms with Crippen LogP contribution in [0.2, 0.25) is 0 Å². The molecule has 0 N–H and O–H groups in total. The van der Waals surface area contributed by atoms with Gasteiger partial charge in [0.2, 0.25) is 0 Å². The molecule has 1 aromatic carbocycles. The van der Waals surface area contributed by atoms with Gasteiger partial charge in [-0.3, -0.25) is 0 Å². The second kappa shape index (κ2) is 10.3. The third kappa shape index (κ3) is 5.88. The van der Waals surface area contributed by atoms with E-state index in [2.05, 4.69) is 36.9 Å². The van der Waals surface area contributed by atoms with E-state index in [4.69, 9.17) is 14.7 Å². The Kier molecular flexibility index (Phi) is 7.57. The summed E-state index contributed by atoms with van der Waals surface area (Å²) in [6.07, 6.45) is 6.37. The lowest BCUT2D eigenvalue weighted by Gasteiger charge is -2.31. The second-order valence-corrected chi connectivity index (χ2v) is 7.53. The first-order valence-corrected chi connectivity index (χ1v) is 10.1. The summed E-state index contributed by atoms with van der Waals surface area (Å²) in [4.78, 5) is 10.8. The highest BCUT2D eigenvalue weighted by molar-refractivity contribution is 9.10. The summed E-state index contributed by atoms with van der Waals surface area (Å²) in [5.74, 6) is 0.258. The highest BCUT2D eigenvalue weighted by Crippen LogP contribution is 2.26. The molecule has 0 bridgehead atoms. The maximum absolute atomic E-state index is 14.0. The number of rotatable bonds is 8. The minimum Gasteiger partial charge on any atom is -0.470 e. The van der Waals surface area contributed by atoms with Crippen molar-refractivity contribution in [1.82, 2.24) is 14.9 Å². The molecule has 0 radical (unpaired) electrons. The lowest BCUT2D eigenvalue weighted by atomic mass is 10.1. The standard InChI is InChI=1S/C20H22BrFN4O2/c21-16-4-3-15(18(22)13-16)14-27-19-20(25-9-8-24-19)28-17-5-11-26(12-6-17)10-2-1-7-23/h3-4,8-9,13,17H,1-2,5-6,10-12,14H2. The summed E-state index contributed by atoms with van der Waals surface area (Å²) < 4.78 is 26.3. The van der Waals surface area contributed by atoms with E-state index in [0.717, 1.165) is 38.9 Å². The van der Waals surface area contributed by atoms with Crippen molar-refractivity contribution in [1.29, 1.82) is 5.26 Å². The first kappa shape index (κ1) is 20.5. The van der Waals surface area contributed by atoms with Crippen LogP contribution in [0.25, 0.3) is 0 Å². The summed E-state index contributed by atoms with van der Waals surface area (Å²) in [5.41, 5.74) is 0.436. The van der Waals surface area contributed by atoms with E-state index in [1.165, 1.54) is 12.3 Å². The summed E-state index contributed by atoms with van der Waals surface area (Å²) in [5, 5.41) is 8.64. The zero-order valence-electron chi connectivity index (χ0n) is 15.5. The van der Waals surface area contributed by atoms with Crippen LogP contribution in [-0.2, 0) is 6.61 Å². The van der Waals surface area contributed by atoms with Gasteiger partial charge in [-0.15, -0.1) is 0 Å². The predicted molar refractivity (Wildman–Crippen MR) is 105 cm³/mol. The van der Waals surface area contributed by atoms with E-state index < -0.39 is 0 Å². The molecular weight excluding hydrogens is 427 g/mol. The summed E-state index contributed by atoms with van der Waals surface area (Å²) in [6, 6.07) is 7.01. The zero-order valence-corrected chi connectivity index (χ0v) is 17.1. The number of hydrogen-bond donors (Lipinski definition) is 0. The largest absolute Gasteiger partial charge is 0.470 e. The fraction of sp³-hybridized carbons (Fsp3) is 0.450. The van der Waals surface area contributed by atoms with Gasteiger partial charge in [-0.25, -0.2) is 14.4 Å². The Hall–Kier alpha value is -2.24. The van der Waals surface area contributed by atoms with E-state index in [-0.39, 0.29) is 24.4 Å². The number of unbranched alkanes of at least 4 members (excludes halogenated alkanes) is 1. The molecule has 0 unspecified atom stereocenters. The highest BCUT2D eigenvalue weighted by atomic mass is 79.9. The molecule has 6 nitrogen and oxygen atoms in total. The fourth-order valence-electron chi connectivity index (χ4n) is 3.07. The molecule has 1 fully saturated rings. The molecule has 1 aliphatic heterocycles. The van der Waals surface area contributed by atoms with Gasteiger partial charge in [-0.05, 0) is 37.9 Å². The Bertz CT molecular complexity index is 822. The van der Waals surface area contributed by atoms with E-state index >= 15 is 0 Å². The fourth-order valence-corrected chi connectivity index (χ4v) is 3.40. The van der Waals surface area contributed by atoms with Gasteiger partial charge in [-0.2, -0.15) is 5.26 Å². The minimum atomic E-state index is -0.343. The lowest BCUT2D eigenvalue weighted by Crippen LogP contribution is -2.38. The van der Waals surface area contributed by atoms with Crippen LogP contribution in [0.15, 0.2) is 35.1 Å². The number of benzene rings is 1. The number of ether oxygens (including phenoxy) is 2. The molecule has 8 heteroatoms. The quantitative estimate of drug-likeness (QED) is 0.565. The van der Waals surface area contributed by atoms with E-state index in [9.17, 15) is 4.39 Å². The van der Waals surface area contributed by atoms with Crippen molar-refractivity contribution in [3.8, 4) is 17.8 Å². The van der Waals surface area contributed by atoms with Gasteiger partial charge in [-0.1, -0.05) is 22.0 Å². The van der Waals surface area contributed by atoms with Gasteiger partial charge in [0.05, 0.1) is 6.07 Å². The summed E-state index contributed by atoms with van der Waals surface area (Å²) in [7, 11) is 0. The molecule has 2 aromatic rings. The summed E-state index contributed by atoms with van der Waals surface area (Å²) in [6.45, 7) is 2.84. The molecule has 0 atom stereocenters. The number of nitrogens with zero attached hydrogens (tertiary/aromatic N) is 4. The highest BCUT2D eigenvalue weighted by Gasteiger charge is 2.22. The van der Waals surface area contributed by atoms with E-state index in [1.54, 1.807) is 18.3 Å². The van der Waals surface area contributed by atoms with Crippen molar-refractivity contribution in [2.24, 2.45) is 0 Å². The average Bonchev–Trinajstić information content (AvgIpc) is 2.70. The molecule has 0 amide bonds. The van der Waals surface area contributed by atoms with Crippen molar-refractivity contribution >= 4 is 15.9 Å².